The number of nitriles is 1. The van der Waals surface area contributed by atoms with E-state index in [2.05, 4.69) is 5.10 Å². The fourth-order valence-corrected chi connectivity index (χ4v) is 0.955. The maximum Gasteiger partial charge on any atom is 0.271 e. The summed E-state index contributed by atoms with van der Waals surface area (Å²) in [6.45, 7) is 0.945. The molecule has 80 valence electrons. The van der Waals surface area contributed by atoms with Gasteiger partial charge >= 0.3 is 0 Å². The van der Waals surface area contributed by atoms with Crippen molar-refractivity contribution in [3.05, 3.63) is 22.6 Å². The molecule has 0 fully saturated rings. The average Bonchev–Trinajstić information content (AvgIpc) is 2.23. The van der Waals surface area contributed by atoms with Crippen molar-refractivity contribution in [3.63, 3.8) is 0 Å². The molecule has 0 saturated heterocycles. The molecule has 0 saturated carbocycles. The summed E-state index contributed by atoms with van der Waals surface area (Å²) in [5.74, 6) is 0.405. The zero-order chi connectivity index (χ0) is 11.1. The molecule has 1 rings (SSSR count). The molecular weight excluding hydrogens is 196 g/mol. The summed E-state index contributed by atoms with van der Waals surface area (Å²) in [6, 6.07) is 3.15. The van der Waals surface area contributed by atoms with Crippen LogP contribution in [0.15, 0.2) is 17.1 Å². The minimum Gasteiger partial charge on any atom is -0.492 e. The predicted octanol–water partition coefficient (Wildman–Crippen LogP) is -0.506. The Kier molecular flexibility index (Phi) is 4.31. The number of rotatable bonds is 5. The van der Waals surface area contributed by atoms with Crippen molar-refractivity contribution in [2.75, 3.05) is 13.2 Å². The van der Waals surface area contributed by atoms with Gasteiger partial charge in [-0.1, -0.05) is 0 Å². The Bertz CT molecular complexity index is 407. The summed E-state index contributed by atoms with van der Waals surface area (Å²) >= 11 is 0. The number of nitrogens with two attached hydrogens (primary N) is 1. The molecule has 6 heteroatoms. The van der Waals surface area contributed by atoms with Crippen molar-refractivity contribution in [2.45, 2.75) is 13.0 Å². The van der Waals surface area contributed by atoms with Crippen molar-refractivity contribution in [1.29, 1.82) is 5.26 Å². The van der Waals surface area contributed by atoms with Gasteiger partial charge in [0.15, 0.2) is 0 Å². The summed E-state index contributed by atoms with van der Waals surface area (Å²) in [7, 11) is 0. The first-order valence-electron chi connectivity index (χ1n) is 4.55. The van der Waals surface area contributed by atoms with Gasteiger partial charge in [-0.3, -0.25) is 4.79 Å². The Morgan fingerprint density at radius 3 is 3.07 bits per heavy atom. The van der Waals surface area contributed by atoms with Gasteiger partial charge in [-0.2, -0.15) is 10.4 Å². The highest BCUT2D eigenvalue weighted by Crippen LogP contribution is 2.03. The normalized spacial score (nSPS) is 9.60. The van der Waals surface area contributed by atoms with E-state index in [9.17, 15) is 4.79 Å². The van der Waals surface area contributed by atoms with Crippen LogP contribution in [0.25, 0.3) is 0 Å². The Hall–Kier alpha value is -1.87. The lowest BCUT2D eigenvalue weighted by Gasteiger charge is -2.04. The number of nitrogens with zero attached hydrogens (tertiary/aromatic N) is 3. The topological polar surface area (TPSA) is 93.9 Å². The minimum absolute atomic E-state index is 0.0537. The molecule has 0 aromatic carbocycles. The molecule has 0 radical (unpaired) electrons. The van der Waals surface area contributed by atoms with Gasteiger partial charge in [0.1, 0.15) is 12.3 Å². The second kappa shape index (κ2) is 5.78. The van der Waals surface area contributed by atoms with Crippen molar-refractivity contribution in [3.8, 4) is 11.8 Å². The highest BCUT2D eigenvalue weighted by molar-refractivity contribution is 5.13. The monoisotopic (exact) mass is 208 g/mol. The van der Waals surface area contributed by atoms with Crippen molar-refractivity contribution in [2.24, 2.45) is 5.73 Å². The molecular formula is C9H12N4O2. The van der Waals surface area contributed by atoms with E-state index in [-0.39, 0.29) is 12.1 Å². The van der Waals surface area contributed by atoms with Gasteiger partial charge in [-0.25, -0.2) is 4.68 Å². The zero-order valence-electron chi connectivity index (χ0n) is 8.22. The third kappa shape index (κ3) is 3.40. The summed E-state index contributed by atoms with van der Waals surface area (Å²) in [6.07, 6.45) is 2.14. The first-order chi connectivity index (χ1) is 7.27. The number of aromatic nitrogens is 2. The lowest BCUT2D eigenvalue weighted by Crippen LogP contribution is -2.21. The number of ether oxygens (including phenoxy) is 1. The van der Waals surface area contributed by atoms with Gasteiger partial charge in [-0.05, 0) is 13.0 Å². The summed E-state index contributed by atoms with van der Waals surface area (Å²) < 4.78 is 6.29. The SMILES string of the molecule is N#CCn1ncc(OCCCN)cc1=O. The van der Waals surface area contributed by atoms with E-state index in [1.807, 2.05) is 6.07 Å². The molecule has 1 aromatic rings. The Morgan fingerprint density at radius 1 is 1.67 bits per heavy atom. The van der Waals surface area contributed by atoms with Gasteiger partial charge in [0.25, 0.3) is 5.56 Å². The highest BCUT2D eigenvalue weighted by atomic mass is 16.5. The Morgan fingerprint density at radius 2 is 2.47 bits per heavy atom. The molecule has 2 N–H and O–H groups in total. The van der Waals surface area contributed by atoms with Crippen molar-refractivity contribution >= 4 is 0 Å². The van der Waals surface area contributed by atoms with Crippen molar-refractivity contribution < 1.29 is 4.74 Å². The third-order valence-corrected chi connectivity index (χ3v) is 1.68. The van der Waals surface area contributed by atoms with Crippen LogP contribution >= 0.6 is 0 Å². The van der Waals surface area contributed by atoms with E-state index >= 15 is 0 Å². The zero-order valence-corrected chi connectivity index (χ0v) is 8.22. The number of hydrogen-bond acceptors (Lipinski definition) is 5. The molecule has 1 heterocycles. The molecule has 0 aliphatic carbocycles. The van der Waals surface area contributed by atoms with Crippen LogP contribution in [0.1, 0.15) is 6.42 Å². The predicted molar refractivity (Wildman–Crippen MR) is 53.3 cm³/mol. The molecule has 0 atom stereocenters. The van der Waals surface area contributed by atoms with Crippen LogP contribution in [0.5, 0.6) is 5.75 Å². The smallest absolute Gasteiger partial charge is 0.271 e. The Labute approximate surface area is 86.9 Å². The summed E-state index contributed by atoms with van der Waals surface area (Å²) in [5.41, 5.74) is 4.94. The first-order valence-corrected chi connectivity index (χ1v) is 4.55. The standard InChI is InChI=1S/C9H12N4O2/c10-2-1-5-15-8-6-9(14)13(4-3-11)12-7-8/h6-7H,1-2,4-5,10H2. The van der Waals surface area contributed by atoms with Crippen LogP contribution in [0, 0.1) is 11.3 Å². The molecule has 0 bridgehead atoms. The Balaban J connectivity index is 2.66. The van der Waals surface area contributed by atoms with E-state index in [4.69, 9.17) is 15.7 Å². The van der Waals surface area contributed by atoms with Crippen LogP contribution in [0.4, 0.5) is 0 Å². The third-order valence-electron chi connectivity index (χ3n) is 1.68. The van der Waals surface area contributed by atoms with E-state index in [0.29, 0.717) is 18.9 Å². The van der Waals surface area contributed by atoms with Gasteiger partial charge in [0.05, 0.1) is 18.9 Å². The molecule has 0 aliphatic rings. The van der Waals surface area contributed by atoms with Crippen LogP contribution in [-0.2, 0) is 6.54 Å². The van der Waals surface area contributed by atoms with Crippen LogP contribution in [-0.4, -0.2) is 22.9 Å². The minimum atomic E-state index is -0.346. The highest BCUT2D eigenvalue weighted by Gasteiger charge is 1.99. The quantitative estimate of drug-likeness (QED) is 0.658. The molecule has 6 nitrogen and oxygen atoms in total. The lowest BCUT2D eigenvalue weighted by molar-refractivity contribution is 0.309. The van der Waals surface area contributed by atoms with Crippen LogP contribution in [0.3, 0.4) is 0 Å². The van der Waals surface area contributed by atoms with E-state index in [1.165, 1.54) is 12.3 Å². The van der Waals surface area contributed by atoms with Gasteiger partial charge in [0, 0.05) is 6.07 Å². The second-order valence-corrected chi connectivity index (χ2v) is 2.84. The fourth-order valence-electron chi connectivity index (χ4n) is 0.955. The van der Waals surface area contributed by atoms with E-state index in [1.54, 1.807) is 0 Å². The van der Waals surface area contributed by atoms with Gasteiger partial charge < -0.3 is 10.5 Å². The molecule has 0 amide bonds. The van der Waals surface area contributed by atoms with Gasteiger partial charge in [0.2, 0.25) is 0 Å². The maximum absolute atomic E-state index is 11.3. The molecule has 0 unspecified atom stereocenters. The molecule has 0 spiro atoms. The lowest BCUT2D eigenvalue weighted by atomic mass is 10.4. The summed E-state index contributed by atoms with van der Waals surface area (Å²) in [5, 5.41) is 12.2. The molecule has 15 heavy (non-hydrogen) atoms. The fraction of sp³-hybridized carbons (Fsp3) is 0.444. The second-order valence-electron chi connectivity index (χ2n) is 2.84. The van der Waals surface area contributed by atoms with Crippen LogP contribution < -0.4 is 16.0 Å². The summed E-state index contributed by atoms with van der Waals surface area (Å²) in [4.78, 5) is 11.3. The largest absolute Gasteiger partial charge is 0.492 e. The maximum atomic E-state index is 11.3. The number of hydrogen-bond donors (Lipinski definition) is 1. The molecule has 1 aromatic heterocycles. The molecule has 0 aliphatic heterocycles. The van der Waals surface area contributed by atoms with Gasteiger partial charge in [-0.15, -0.1) is 0 Å². The van der Waals surface area contributed by atoms with E-state index < -0.39 is 0 Å². The van der Waals surface area contributed by atoms with Crippen LogP contribution in [0.2, 0.25) is 0 Å². The average molecular weight is 208 g/mol. The first kappa shape index (κ1) is 11.2. The van der Waals surface area contributed by atoms with E-state index in [0.717, 1.165) is 11.1 Å². The van der Waals surface area contributed by atoms with Crippen molar-refractivity contribution in [1.82, 2.24) is 9.78 Å².